The van der Waals surface area contributed by atoms with Gasteiger partial charge in [0, 0.05) is 13.0 Å². The van der Waals surface area contributed by atoms with E-state index in [1.807, 2.05) is 0 Å². The van der Waals surface area contributed by atoms with Gasteiger partial charge in [0.15, 0.2) is 12.6 Å². The second-order valence-corrected chi connectivity index (χ2v) is 16.2. The van der Waals surface area contributed by atoms with Crippen LogP contribution >= 0.6 is 0 Å². The number of esters is 1. The third-order valence-corrected chi connectivity index (χ3v) is 10.8. The zero-order valence-corrected chi connectivity index (χ0v) is 37.1. The molecule has 2 saturated heterocycles. The van der Waals surface area contributed by atoms with Crippen molar-refractivity contribution in [2.45, 2.75) is 210 Å². The Labute approximate surface area is 365 Å². The summed E-state index contributed by atoms with van der Waals surface area (Å²) < 4.78 is 34.1. The Balaban J connectivity index is 1.81. The van der Waals surface area contributed by atoms with Crippen molar-refractivity contribution in [3.8, 4) is 0 Å². The van der Waals surface area contributed by atoms with Gasteiger partial charge in [-0.1, -0.05) is 120 Å². The van der Waals surface area contributed by atoms with E-state index in [9.17, 15) is 40.5 Å². The van der Waals surface area contributed by atoms with Crippen molar-refractivity contribution in [1.82, 2.24) is 0 Å². The molecule has 14 heteroatoms. The van der Waals surface area contributed by atoms with Crippen molar-refractivity contribution >= 4 is 5.97 Å². The van der Waals surface area contributed by atoms with Crippen LogP contribution in [0.15, 0.2) is 48.6 Å². The van der Waals surface area contributed by atoms with Crippen LogP contribution in [0.1, 0.15) is 142 Å². The maximum Gasteiger partial charge on any atom is 0.306 e. The first-order valence-corrected chi connectivity index (χ1v) is 23.2. The third kappa shape index (κ3) is 24.0. The summed E-state index contributed by atoms with van der Waals surface area (Å²) in [7, 11) is 0. The van der Waals surface area contributed by atoms with E-state index in [-0.39, 0.29) is 19.6 Å². The summed E-state index contributed by atoms with van der Waals surface area (Å²) in [4.78, 5) is 12.9. The van der Waals surface area contributed by atoms with Crippen molar-refractivity contribution in [2.24, 2.45) is 0 Å². The molecule has 7 N–H and O–H groups in total. The molecule has 0 amide bonds. The predicted molar refractivity (Wildman–Crippen MR) is 233 cm³/mol. The minimum absolute atomic E-state index is 0.0477. The van der Waals surface area contributed by atoms with Crippen LogP contribution in [0.4, 0.5) is 0 Å². The monoisotopic (exact) mass is 871 g/mol. The molecule has 0 spiro atoms. The first-order valence-electron chi connectivity index (χ1n) is 23.2. The lowest BCUT2D eigenvalue weighted by atomic mass is 9.98. The summed E-state index contributed by atoms with van der Waals surface area (Å²) in [5, 5.41) is 71.9. The van der Waals surface area contributed by atoms with Crippen molar-refractivity contribution in [2.75, 3.05) is 33.0 Å². The Hall–Kier alpha value is -2.05. The molecule has 14 nitrogen and oxygen atoms in total. The number of carbonyl (C=O) groups excluding carboxylic acids is 1. The lowest BCUT2D eigenvalue weighted by Crippen LogP contribution is -2.61. The molecule has 0 saturated carbocycles. The average Bonchev–Trinajstić information content (AvgIpc) is 3.25. The van der Waals surface area contributed by atoms with E-state index in [1.54, 1.807) is 0 Å². The van der Waals surface area contributed by atoms with Crippen molar-refractivity contribution in [3.05, 3.63) is 48.6 Å². The van der Waals surface area contributed by atoms with Gasteiger partial charge in [-0.25, -0.2) is 0 Å². The van der Waals surface area contributed by atoms with Crippen LogP contribution in [0.2, 0.25) is 0 Å². The maximum absolute atomic E-state index is 12.9. The minimum Gasteiger partial charge on any atom is -0.457 e. The third-order valence-electron chi connectivity index (χ3n) is 10.8. The predicted octanol–water partition coefficient (Wildman–Crippen LogP) is 5.62. The summed E-state index contributed by atoms with van der Waals surface area (Å²) >= 11 is 0. The molecule has 0 radical (unpaired) electrons. The summed E-state index contributed by atoms with van der Waals surface area (Å²) in [6.45, 7) is 3.47. The molecule has 2 heterocycles. The zero-order valence-electron chi connectivity index (χ0n) is 37.1. The lowest BCUT2D eigenvalue weighted by Gasteiger charge is -2.42. The number of aliphatic hydroxyl groups is 7. The molecule has 11 atom stereocenters. The number of allylic oxidation sites excluding steroid dienone is 8. The number of rotatable bonds is 35. The quantitative estimate of drug-likeness (QED) is 0.0234. The fourth-order valence-corrected chi connectivity index (χ4v) is 6.98. The van der Waals surface area contributed by atoms with Crippen molar-refractivity contribution < 1.29 is 69.0 Å². The second-order valence-electron chi connectivity index (χ2n) is 16.2. The second kappa shape index (κ2) is 35.3. The normalized spacial score (nSPS) is 27.9. The fraction of sp³-hybridized carbons (Fsp3) is 0.809. The van der Waals surface area contributed by atoms with E-state index in [2.05, 4.69) is 62.5 Å². The molecule has 0 aliphatic carbocycles. The van der Waals surface area contributed by atoms with Crippen LogP contribution < -0.4 is 0 Å². The highest BCUT2D eigenvalue weighted by Crippen LogP contribution is 2.26. The number of unbranched alkanes of at least 4 members (excludes halogenated alkanes) is 13. The topological polar surface area (TPSA) is 214 Å². The number of aliphatic hydroxyl groups excluding tert-OH is 7. The fourth-order valence-electron chi connectivity index (χ4n) is 6.98. The standard InChI is InChI=1S/C47H82O14/c1-3-5-7-9-11-13-15-16-17-18-19-21-23-25-27-29-31-56-33-36(59-39(49)30-28-26-24-22-20-14-12-10-8-6-4-2)34-57-46-45(55)43(53)41(51)38(61-46)35-58-47-44(54)42(52)40(50)37(32-48)60-47/h5,7,10-13,16-17,36-38,40-48,50-55H,3-4,6,8-9,14-15,18-35H2,1-2H3/b7-5-,12-10-,13-11-,17-16-. The highest BCUT2D eigenvalue weighted by atomic mass is 16.7. The summed E-state index contributed by atoms with van der Waals surface area (Å²) in [6.07, 6.45) is 21.8. The Morgan fingerprint density at radius 2 is 1.07 bits per heavy atom. The van der Waals surface area contributed by atoms with E-state index >= 15 is 0 Å². The summed E-state index contributed by atoms with van der Waals surface area (Å²) in [6, 6.07) is 0. The van der Waals surface area contributed by atoms with Gasteiger partial charge < -0.3 is 64.2 Å². The summed E-state index contributed by atoms with van der Waals surface area (Å²) in [5.41, 5.74) is 0. The Morgan fingerprint density at radius 3 is 1.69 bits per heavy atom. The largest absolute Gasteiger partial charge is 0.457 e. The number of carbonyl (C=O) groups is 1. The van der Waals surface area contributed by atoms with E-state index < -0.39 is 86.7 Å². The first kappa shape index (κ1) is 55.1. The van der Waals surface area contributed by atoms with Crippen LogP contribution in [-0.2, 0) is 33.2 Å². The van der Waals surface area contributed by atoms with Gasteiger partial charge in [0.2, 0.25) is 0 Å². The van der Waals surface area contributed by atoms with Gasteiger partial charge >= 0.3 is 5.97 Å². The van der Waals surface area contributed by atoms with Gasteiger partial charge in [-0.05, 0) is 64.2 Å². The van der Waals surface area contributed by atoms with Crippen LogP contribution in [0.5, 0.6) is 0 Å². The van der Waals surface area contributed by atoms with Crippen LogP contribution in [-0.4, -0.2) is 142 Å². The van der Waals surface area contributed by atoms with Crippen molar-refractivity contribution in [1.29, 1.82) is 0 Å². The zero-order chi connectivity index (χ0) is 44.5. The van der Waals surface area contributed by atoms with Crippen LogP contribution in [0, 0.1) is 0 Å². The highest BCUT2D eigenvalue weighted by molar-refractivity contribution is 5.69. The number of hydrogen-bond donors (Lipinski definition) is 7. The smallest absolute Gasteiger partial charge is 0.306 e. The minimum atomic E-state index is -1.71. The summed E-state index contributed by atoms with van der Waals surface area (Å²) in [5.74, 6) is -0.395. The van der Waals surface area contributed by atoms with Gasteiger partial charge in [-0.2, -0.15) is 0 Å². The Morgan fingerprint density at radius 1 is 0.557 bits per heavy atom. The average molecular weight is 871 g/mol. The molecule has 0 aromatic carbocycles. The molecule has 2 rings (SSSR count). The number of hydrogen-bond acceptors (Lipinski definition) is 14. The van der Waals surface area contributed by atoms with Gasteiger partial charge in [-0.15, -0.1) is 0 Å². The van der Waals surface area contributed by atoms with Gasteiger partial charge in [0.1, 0.15) is 54.9 Å². The molecule has 2 aliphatic heterocycles. The van der Waals surface area contributed by atoms with Crippen molar-refractivity contribution in [3.63, 3.8) is 0 Å². The molecular formula is C47H82O14. The van der Waals surface area contributed by atoms with E-state index in [4.69, 9.17) is 28.4 Å². The molecule has 11 unspecified atom stereocenters. The Bertz CT molecular complexity index is 1190. The van der Waals surface area contributed by atoms with E-state index in [0.29, 0.717) is 13.0 Å². The lowest BCUT2D eigenvalue weighted by molar-refractivity contribution is -0.332. The van der Waals surface area contributed by atoms with Gasteiger partial charge in [-0.3, -0.25) is 4.79 Å². The maximum atomic E-state index is 12.9. The first-order chi connectivity index (χ1) is 29.6. The van der Waals surface area contributed by atoms with Crippen LogP contribution in [0.3, 0.4) is 0 Å². The molecule has 61 heavy (non-hydrogen) atoms. The number of ether oxygens (including phenoxy) is 6. The molecule has 2 aliphatic rings. The SMILES string of the molecule is CC/C=C\C/C=C\C/C=C\CCCCCCCCOCC(COC1OC(COC2OC(CO)C(O)C(O)C2O)C(O)C(O)C1O)OC(=O)CCCCCCC/C=C\CCCC. The molecular weight excluding hydrogens is 789 g/mol. The van der Waals surface area contributed by atoms with E-state index in [0.717, 1.165) is 89.9 Å². The Kier molecular flexibility index (Phi) is 31.9. The van der Waals surface area contributed by atoms with Gasteiger partial charge in [0.25, 0.3) is 0 Å². The van der Waals surface area contributed by atoms with Crippen LogP contribution in [0.25, 0.3) is 0 Å². The van der Waals surface area contributed by atoms with E-state index in [1.165, 1.54) is 25.7 Å². The molecule has 0 aromatic rings. The molecule has 0 bridgehead atoms. The molecule has 0 aromatic heterocycles. The highest BCUT2D eigenvalue weighted by Gasteiger charge is 2.47. The molecule has 2 fully saturated rings. The van der Waals surface area contributed by atoms with Gasteiger partial charge in [0.05, 0.1) is 26.4 Å². The molecule has 354 valence electrons.